The molecule has 0 aromatic carbocycles. The van der Waals surface area contributed by atoms with Crippen molar-refractivity contribution in [2.75, 3.05) is 13.2 Å². The highest BCUT2D eigenvalue weighted by molar-refractivity contribution is 7.09. The van der Waals surface area contributed by atoms with Crippen molar-refractivity contribution in [2.24, 2.45) is 17.8 Å². The summed E-state index contributed by atoms with van der Waals surface area (Å²) in [6.45, 7) is 12.6. The van der Waals surface area contributed by atoms with Crippen LogP contribution >= 0.6 is 11.3 Å². The Bertz CT molecular complexity index is 427. The molecule has 0 unspecified atom stereocenters. The Morgan fingerprint density at radius 1 is 1.30 bits per heavy atom. The first kappa shape index (κ1) is 19.0. The molecule has 2 atom stereocenters. The second-order valence-corrected chi connectivity index (χ2v) is 9.27. The van der Waals surface area contributed by atoms with Crippen molar-refractivity contribution in [3.05, 3.63) is 22.4 Å². The summed E-state index contributed by atoms with van der Waals surface area (Å²) in [6.07, 6.45) is 6.62. The average molecular weight is 339 g/mol. The SMILES string of the molecule is CC(C)CC[C@@H](CC[NH2+]Cc1cccs1)[C@H]1CCOC(C)(C)C1. The highest BCUT2D eigenvalue weighted by Crippen LogP contribution is 2.37. The number of nitrogens with two attached hydrogens (primary N) is 1. The number of thiophene rings is 1. The molecule has 3 heteroatoms. The summed E-state index contributed by atoms with van der Waals surface area (Å²) in [5.74, 6) is 2.55. The normalized spacial score (nSPS) is 22.4. The van der Waals surface area contributed by atoms with Gasteiger partial charge in [0.15, 0.2) is 0 Å². The van der Waals surface area contributed by atoms with E-state index in [1.54, 1.807) is 0 Å². The summed E-state index contributed by atoms with van der Waals surface area (Å²) < 4.78 is 5.94. The summed E-state index contributed by atoms with van der Waals surface area (Å²) >= 11 is 1.88. The molecule has 1 aromatic heterocycles. The third kappa shape index (κ3) is 6.94. The minimum atomic E-state index is 0.0830. The third-order valence-electron chi connectivity index (χ3n) is 5.18. The zero-order valence-electron chi connectivity index (χ0n) is 15.5. The first-order valence-electron chi connectivity index (χ1n) is 9.44. The lowest BCUT2D eigenvalue weighted by Crippen LogP contribution is -2.82. The average Bonchev–Trinajstić information content (AvgIpc) is 2.98. The molecule has 1 aliphatic heterocycles. The van der Waals surface area contributed by atoms with E-state index in [-0.39, 0.29) is 5.60 Å². The number of rotatable bonds is 9. The maximum absolute atomic E-state index is 5.94. The lowest BCUT2D eigenvalue weighted by Gasteiger charge is -2.39. The lowest BCUT2D eigenvalue weighted by molar-refractivity contribution is -0.671. The number of ether oxygens (including phenoxy) is 1. The molecular formula is C20H36NOS+. The summed E-state index contributed by atoms with van der Waals surface area (Å²) in [5, 5.41) is 4.68. The van der Waals surface area contributed by atoms with E-state index < -0.39 is 0 Å². The van der Waals surface area contributed by atoms with Crippen LogP contribution in [0, 0.1) is 17.8 Å². The zero-order chi connectivity index (χ0) is 16.7. The van der Waals surface area contributed by atoms with Crippen LogP contribution < -0.4 is 5.32 Å². The van der Waals surface area contributed by atoms with Crippen molar-refractivity contribution in [1.82, 2.24) is 0 Å². The van der Waals surface area contributed by atoms with Crippen LogP contribution in [-0.4, -0.2) is 18.8 Å². The van der Waals surface area contributed by atoms with Gasteiger partial charge in [0.1, 0.15) is 6.54 Å². The molecule has 0 radical (unpaired) electrons. The van der Waals surface area contributed by atoms with Crippen LogP contribution in [-0.2, 0) is 11.3 Å². The molecule has 23 heavy (non-hydrogen) atoms. The molecule has 1 aliphatic rings. The Hall–Kier alpha value is -0.380. The maximum Gasteiger partial charge on any atom is 0.111 e. The largest absolute Gasteiger partial charge is 0.376 e. The fraction of sp³-hybridized carbons (Fsp3) is 0.800. The molecule has 132 valence electrons. The molecular weight excluding hydrogens is 302 g/mol. The molecule has 1 fully saturated rings. The second kappa shape index (κ2) is 9.19. The van der Waals surface area contributed by atoms with Gasteiger partial charge >= 0.3 is 0 Å². The Labute approximate surface area is 147 Å². The van der Waals surface area contributed by atoms with Crippen LogP contribution in [0.1, 0.15) is 64.7 Å². The standard InChI is InChI=1S/C20H35NOS/c1-16(2)7-8-17(18-10-12-22-20(3,4)14-18)9-11-21-15-19-6-5-13-23-19/h5-6,13,16-18,21H,7-12,14-15H2,1-4H3/p+1/t17-,18-/m0/s1. The van der Waals surface area contributed by atoms with Gasteiger partial charge in [-0.15, -0.1) is 11.3 Å². The molecule has 0 saturated carbocycles. The summed E-state index contributed by atoms with van der Waals surface area (Å²) in [4.78, 5) is 1.50. The van der Waals surface area contributed by atoms with Gasteiger partial charge in [-0.2, -0.15) is 0 Å². The van der Waals surface area contributed by atoms with Gasteiger partial charge in [0.05, 0.1) is 17.0 Å². The Morgan fingerprint density at radius 2 is 2.13 bits per heavy atom. The van der Waals surface area contributed by atoms with Crippen LogP contribution in [0.25, 0.3) is 0 Å². The monoisotopic (exact) mass is 338 g/mol. The van der Waals surface area contributed by atoms with Crippen molar-refractivity contribution in [3.8, 4) is 0 Å². The predicted octanol–water partition coefficient (Wildman–Crippen LogP) is 4.46. The van der Waals surface area contributed by atoms with Crippen molar-refractivity contribution in [3.63, 3.8) is 0 Å². The molecule has 2 rings (SSSR count). The van der Waals surface area contributed by atoms with E-state index in [1.807, 2.05) is 11.3 Å². The van der Waals surface area contributed by atoms with Gasteiger partial charge in [0, 0.05) is 6.61 Å². The van der Waals surface area contributed by atoms with E-state index in [2.05, 4.69) is 50.5 Å². The lowest BCUT2D eigenvalue weighted by atomic mass is 9.75. The van der Waals surface area contributed by atoms with E-state index in [1.165, 1.54) is 43.5 Å². The quantitative estimate of drug-likeness (QED) is 0.661. The van der Waals surface area contributed by atoms with E-state index in [9.17, 15) is 0 Å². The molecule has 1 saturated heterocycles. The minimum absolute atomic E-state index is 0.0830. The first-order valence-corrected chi connectivity index (χ1v) is 10.3. The fourth-order valence-electron chi connectivity index (χ4n) is 3.85. The van der Waals surface area contributed by atoms with E-state index in [4.69, 9.17) is 4.74 Å². The predicted molar refractivity (Wildman–Crippen MR) is 99.7 cm³/mol. The Kier molecular flexibility index (Phi) is 7.58. The van der Waals surface area contributed by atoms with E-state index in [0.29, 0.717) is 0 Å². The number of quaternary nitrogens is 1. The third-order valence-corrected chi connectivity index (χ3v) is 6.08. The minimum Gasteiger partial charge on any atom is -0.376 e. The van der Waals surface area contributed by atoms with Crippen LogP contribution in [0.3, 0.4) is 0 Å². The Morgan fingerprint density at radius 3 is 2.78 bits per heavy atom. The van der Waals surface area contributed by atoms with Gasteiger partial charge in [-0.3, -0.25) is 0 Å². The number of hydrogen-bond donors (Lipinski definition) is 1. The molecule has 2 N–H and O–H groups in total. The smallest absolute Gasteiger partial charge is 0.111 e. The van der Waals surface area contributed by atoms with Crippen molar-refractivity contribution in [2.45, 2.75) is 71.9 Å². The Balaban J connectivity index is 1.80. The summed E-state index contributed by atoms with van der Waals surface area (Å²) in [5.41, 5.74) is 0.0830. The van der Waals surface area contributed by atoms with Crippen molar-refractivity contribution in [1.29, 1.82) is 0 Å². The van der Waals surface area contributed by atoms with Gasteiger partial charge < -0.3 is 10.1 Å². The zero-order valence-corrected chi connectivity index (χ0v) is 16.3. The van der Waals surface area contributed by atoms with Gasteiger partial charge in [-0.05, 0) is 68.7 Å². The highest BCUT2D eigenvalue weighted by atomic mass is 32.1. The molecule has 0 aliphatic carbocycles. The topological polar surface area (TPSA) is 25.8 Å². The summed E-state index contributed by atoms with van der Waals surface area (Å²) in [7, 11) is 0. The van der Waals surface area contributed by atoms with Crippen LogP contribution in [0.5, 0.6) is 0 Å². The first-order chi connectivity index (χ1) is 11.0. The van der Waals surface area contributed by atoms with Crippen LogP contribution in [0.2, 0.25) is 0 Å². The van der Waals surface area contributed by atoms with Crippen molar-refractivity contribution < 1.29 is 10.1 Å². The molecule has 0 spiro atoms. The molecule has 0 amide bonds. The summed E-state index contributed by atoms with van der Waals surface area (Å²) in [6, 6.07) is 4.40. The van der Waals surface area contributed by atoms with Gasteiger partial charge in [-0.1, -0.05) is 26.3 Å². The number of hydrogen-bond acceptors (Lipinski definition) is 2. The fourth-order valence-corrected chi connectivity index (χ4v) is 4.55. The van der Waals surface area contributed by atoms with Gasteiger partial charge in [0.2, 0.25) is 0 Å². The van der Waals surface area contributed by atoms with E-state index in [0.717, 1.165) is 30.9 Å². The second-order valence-electron chi connectivity index (χ2n) is 8.24. The van der Waals surface area contributed by atoms with Crippen LogP contribution in [0.15, 0.2) is 17.5 Å². The van der Waals surface area contributed by atoms with Crippen LogP contribution in [0.4, 0.5) is 0 Å². The highest BCUT2D eigenvalue weighted by Gasteiger charge is 2.33. The molecule has 2 heterocycles. The van der Waals surface area contributed by atoms with Gasteiger partial charge in [0.25, 0.3) is 0 Å². The molecule has 1 aromatic rings. The van der Waals surface area contributed by atoms with E-state index >= 15 is 0 Å². The van der Waals surface area contributed by atoms with Crippen molar-refractivity contribution >= 4 is 11.3 Å². The molecule has 2 nitrogen and oxygen atoms in total. The maximum atomic E-state index is 5.94. The van der Waals surface area contributed by atoms with Gasteiger partial charge in [-0.25, -0.2) is 0 Å². The molecule has 0 bridgehead atoms.